The number of piperazine rings is 1. The van der Waals surface area contributed by atoms with Gasteiger partial charge in [-0.3, -0.25) is 34.3 Å². The Morgan fingerprint density at radius 3 is 2.37 bits per heavy atom. The Morgan fingerprint density at radius 2 is 1.63 bits per heavy atom. The number of aromatic nitrogens is 2. The van der Waals surface area contributed by atoms with Gasteiger partial charge < -0.3 is 19.7 Å². The molecule has 5 aliphatic rings. The van der Waals surface area contributed by atoms with E-state index in [2.05, 4.69) is 30.4 Å². The van der Waals surface area contributed by atoms with E-state index in [1.165, 1.54) is 18.5 Å². The lowest BCUT2D eigenvalue weighted by molar-refractivity contribution is -0.136. The quantitative estimate of drug-likeness (QED) is 0.141. The Morgan fingerprint density at radius 1 is 0.877 bits per heavy atom. The van der Waals surface area contributed by atoms with Gasteiger partial charge in [0.15, 0.2) is 17.3 Å². The average Bonchev–Trinajstić information content (AvgIpc) is 3.58. The number of fused-ring (bicyclic) bond motifs is 4. The molecule has 5 heterocycles. The third-order valence-corrected chi connectivity index (χ3v) is 13.0. The molecule has 4 aromatic rings. The summed E-state index contributed by atoms with van der Waals surface area (Å²) in [6, 6.07) is 11.8. The van der Waals surface area contributed by atoms with Crippen molar-refractivity contribution in [2.24, 2.45) is 5.92 Å². The maximum atomic E-state index is 14.9. The Kier molecular flexibility index (Phi) is 9.90. The van der Waals surface area contributed by atoms with Crippen LogP contribution in [0.2, 0.25) is 10.0 Å². The highest BCUT2D eigenvalue weighted by atomic mass is 35.5. The average molecular weight is 817 g/mol. The van der Waals surface area contributed by atoms with Crippen LogP contribution in [-0.2, 0) is 9.59 Å². The first-order valence-corrected chi connectivity index (χ1v) is 20.1. The van der Waals surface area contributed by atoms with Crippen LogP contribution in [-0.4, -0.2) is 94.4 Å². The van der Waals surface area contributed by atoms with Gasteiger partial charge in [-0.1, -0.05) is 23.2 Å². The molecule has 0 spiro atoms. The minimum Gasteiger partial charge on any atom is -0.493 e. The molecule has 2 bridgehead atoms. The van der Waals surface area contributed by atoms with Crippen molar-refractivity contribution in [2.45, 2.75) is 75.6 Å². The number of anilines is 3. The second-order valence-corrected chi connectivity index (χ2v) is 16.3. The molecule has 57 heavy (non-hydrogen) atoms. The van der Waals surface area contributed by atoms with E-state index in [9.17, 15) is 23.6 Å². The molecular formula is C41H40Cl2FN7O6. The topological polar surface area (TPSA) is 146 Å². The second-order valence-electron chi connectivity index (χ2n) is 15.5. The number of nitrogens with zero attached hydrogens (tertiary/aromatic N) is 5. The smallest absolute Gasteiger partial charge is 0.262 e. The van der Waals surface area contributed by atoms with Gasteiger partial charge in [-0.2, -0.15) is 0 Å². The van der Waals surface area contributed by atoms with Crippen molar-refractivity contribution in [3.63, 3.8) is 0 Å². The first kappa shape index (κ1) is 37.5. The summed E-state index contributed by atoms with van der Waals surface area (Å²) in [5, 5.41) is 5.86. The molecule has 4 amide bonds. The van der Waals surface area contributed by atoms with Crippen molar-refractivity contribution in [3.05, 3.63) is 75.8 Å². The molecule has 16 heteroatoms. The highest BCUT2D eigenvalue weighted by molar-refractivity contribution is 6.42. The largest absolute Gasteiger partial charge is 0.493 e. The zero-order chi connectivity index (χ0) is 39.5. The molecule has 1 aromatic heterocycles. The first-order chi connectivity index (χ1) is 27.6. The van der Waals surface area contributed by atoms with E-state index in [4.69, 9.17) is 32.7 Å². The molecule has 1 saturated carbocycles. The fourth-order valence-electron chi connectivity index (χ4n) is 9.23. The molecule has 3 saturated heterocycles. The van der Waals surface area contributed by atoms with Crippen LogP contribution in [0.5, 0.6) is 11.5 Å². The monoisotopic (exact) mass is 815 g/mol. The predicted octanol–water partition coefficient (Wildman–Crippen LogP) is 6.52. The Labute approximate surface area is 337 Å². The van der Waals surface area contributed by atoms with Gasteiger partial charge in [-0.25, -0.2) is 14.4 Å². The summed E-state index contributed by atoms with van der Waals surface area (Å²) in [4.78, 5) is 65.7. The molecule has 4 fully saturated rings. The van der Waals surface area contributed by atoms with Gasteiger partial charge in [0.25, 0.3) is 11.8 Å². The van der Waals surface area contributed by atoms with Crippen LogP contribution in [0.3, 0.4) is 0 Å². The van der Waals surface area contributed by atoms with Crippen LogP contribution in [0.15, 0.2) is 48.8 Å². The van der Waals surface area contributed by atoms with Crippen LogP contribution < -0.4 is 25.0 Å². The van der Waals surface area contributed by atoms with E-state index < -0.39 is 35.5 Å². The van der Waals surface area contributed by atoms with E-state index in [1.807, 2.05) is 12.1 Å². The summed E-state index contributed by atoms with van der Waals surface area (Å²) in [6.45, 7) is 2.67. The first-order valence-electron chi connectivity index (χ1n) is 19.3. The highest BCUT2D eigenvalue weighted by Gasteiger charge is 2.46. The van der Waals surface area contributed by atoms with Crippen molar-refractivity contribution in [3.8, 4) is 11.5 Å². The molecule has 3 atom stereocenters. The predicted molar refractivity (Wildman–Crippen MR) is 211 cm³/mol. The number of nitrogens with one attached hydrogen (secondary N) is 2. The van der Waals surface area contributed by atoms with Gasteiger partial charge in [-0.15, -0.1) is 0 Å². The fraction of sp³-hybridized carbons (Fsp3) is 0.415. The molecule has 3 unspecified atom stereocenters. The number of imide groups is 2. The van der Waals surface area contributed by atoms with Crippen molar-refractivity contribution >= 4 is 74.9 Å². The number of carbonyl (C=O) groups excluding carboxylic acids is 4. The second kappa shape index (κ2) is 15.0. The van der Waals surface area contributed by atoms with E-state index in [1.54, 1.807) is 25.3 Å². The van der Waals surface area contributed by atoms with Crippen LogP contribution in [0.1, 0.15) is 72.1 Å². The van der Waals surface area contributed by atoms with Crippen LogP contribution in [0.25, 0.3) is 10.9 Å². The van der Waals surface area contributed by atoms with E-state index >= 15 is 0 Å². The number of hydrogen-bond acceptors (Lipinski definition) is 11. The fourth-order valence-corrected chi connectivity index (χ4v) is 9.54. The van der Waals surface area contributed by atoms with Crippen LogP contribution >= 0.6 is 23.2 Å². The van der Waals surface area contributed by atoms with Crippen LogP contribution in [0, 0.1) is 11.7 Å². The lowest BCUT2D eigenvalue weighted by atomic mass is 9.86. The maximum absolute atomic E-state index is 14.9. The third kappa shape index (κ3) is 6.91. The normalized spacial score (nSPS) is 24.9. The summed E-state index contributed by atoms with van der Waals surface area (Å²) in [5.74, 6) is -0.626. The van der Waals surface area contributed by atoms with Gasteiger partial charge in [0.05, 0.1) is 45.6 Å². The number of halogens is 3. The van der Waals surface area contributed by atoms with E-state index in [0.29, 0.717) is 57.3 Å². The van der Waals surface area contributed by atoms with Crippen molar-refractivity contribution < 1.29 is 33.0 Å². The van der Waals surface area contributed by atoms with Gasteiger partial charge in [-0.05, 0) is 87.3 Å². The van der Waals surface area contributed by atoms with Gasteiger partial charge in [0, 0.05) is 55.3 Å². The van der Waals surface area contributed by atoms with Crippen LogP contribution in [0.4, 0.5) is 21.6 Å². The minimum absolute atomic E-state index is 0.00459. The summed E-state index contributed by atoms with van der Waals surface area (Å²) >= 11 is 12.0. The van der Waals surface area contributed by atoms with Crippen molar-refractivity contribution in [2.75, 3.05) is 37.0 Å². The van der Waals surface area contributed by atoms with E-state index in [-0.39, 0.29) is 34.7 Å². The maximum Gasteiger partial charge on any atom is 0.262 e. The SMILES string of the molecule is COc1cc2ncnc(Nc3ccc(Cl)c(Cl)c3F)c2cc1OC1CCC(CN2C3CCC2CN(c2ccc4c(c2)C(=O)N(C2CCC(=O)NC2=O)C4=O)C3)CC1. The highest BCUT2D eigenvalue weighted by Crippen LogP contribution is 2.41. The molecule has 2 N–H and O–H groups in total. The molecule has 3 aromatic carbocycles. The number of rotatable bonds is 9. The standard InChI is InChI=1S/C41H40Cl2FN7O6/c1-56-33-16-31-28(38(46-20-45-31)47-30-11-10-29(42)36(43)37(30)44)15-34(33)57-25-7-2-21(3-8-25)17-50-23-4-5-24(50)19-49(18-23)22-6-9-26-27(14-22)41(55)51(40(26)54)32-12-13-35(52)48-39(32)53/h6,9-11,14-16,20-21,23-25,32H,2-5,7-8,12-13,17-19H2,1H3,(H,45,46,47)(H,48,52,53). The molecular weight excluding hydrogens is 776 g/mol. The number of methoxy groups -OCH3 is 1. The lowest BCUT2D eigenvalue weighted by Crippen LogP contribution is -2.55. The Bertz CT molecular complexity index is 2310. The van der Waals surface area contributed by atoms with Gasteiger partial charge >= 0.3 is 0 Å². The molecule has 9 rings (SSSR count). The molecule has 13 nitrogen and oxygen atoms in total. The van der Waals surface area contributed by atoms with Gasteiger partial charge in [0.1, 0.15) is 18.2 Å². The van der Waals surface area contributed by atoms with Crippen molar-refractivity contribution in [1.82, 2.24) is 25.1 Å². The number of ether oxygens (including phenoxy) is 2. The lowest BCUT2D eigenvalue weighted by Gasteiger charge is -2.44. The molecule has 0 radical (unpaired) electrons. The Balaban J connectivity index is 0.823. The summed E-state index contributed by atoms with van der Waals surface area (Å²) in [5.41, 5.74) is 2.23. The molecule has 1 aliphatic carbocycles. The number of hydrogen-bond donors (Lipinski definition) is 2. The van der Waals surface area contributed by atoms with E-state index in [0.717, 1.165) is 68.7 Å². The zero-order valence-corrected chi connectivity index (χ0v) is 32.6. The summed E-state index contributed by atoms with van der Waals surface area (Å²) < 4.78 is 27.2. The third-order valence-electron chi connectivity index (χ3n) is 12.2. The summed E-state index contributed by atoms with van der Waals surface area (Å²) in [7, 11) is 1.59. The number of carbonyl (C=O) groups is 4. The van der Waals surface area contributed by atoms with Crippen molar-refractivity contribution in [1.29, 1.82) is 0 Å². The number of benzene rings is 3. The number of piperidine rings is 1. The minimum atomic E-state index is -0.984. The zero-order valence-electron chi connectivity index (χ0n) is 31.1. The number of amides is 4. The molecule has 296 valence electrons. The molecule has 4 aliphatic heterocycles. The Hall–Kier alpha value is -5.05. The van der Waals surface area contributed by atoms with Gasteiger partial charge in [0.2, 0.25) is 11.8 Å². The summed E-state index contributed by atoms with van der Waals surface area (Å²) in [6.07, 6.45) is 7.64.